The third-order valence-corrected chi connectivity index (χ3v) is 4.61. The molecule has 1 atom stereocenters. The minimum atomic E-state index is -0.612. The Bertz CT molecular complexity index is 733. The van der Waals surface area contributed by atoms with Gasteiger partial charge in [-0.3, -0.25) is 0 Å². The fraction of sp³-hybridized carbons (Fsp3) is 0.429. The molecule has 0 heterocycles. The summed E-state index contributed by atoms with van der Waals surface area (Å²) in [7, 11) is 3.87. The minimum absolute atomic E-state index is 0.612. The summed E-state index contributed by atoms with van der Waals surface area (Å²) in [4.78, 5) is 0. The lowest BCUT2D eigenvalue weighted by Gasteiger charge is -2.09. The molecule has 2 aromatic carbocycles. The van der Waals surface area contributed by atoms with E-state index in [-0.39, 0.29) is 0 Å². The van der Waals surface area contributed by atoms with Crippen LogP contribution in [0.1, 0.15) is 30.1 Å². The van der Waals surface area contributed by atoms with Crippen LogP contribution in [0.15, 0.2) is 36.4 Å². The Hall–Kier alpha value is -2.08. The van der Waals surface area contributed by atoms with E-state index in [1.165, 1.54) is 0 Å². The Balaban J connectivity index is 1.72. The van der Waals surface area contributed by atoms with E-state index in [9.17, 15) is 5.11 Å². The largest absolute Gasteiger partial charge is 0.494 e. The predicted octanol–water partition coefficient (Wildman–Crippen LogP) is 2.73. The number of aliphatic hydroxyl groups excluding tert-OH is 1. The van der Waals surface area contributed by atoms with Gasteiger partial charge in [0.1, 0.15) is 17.6 Å². The van der Waals surface area contributed by atoms with Gasteiger partial charge in [0.25, 0.3) is 0 Å². The van der Waals surface area contributed by atoms with Crippen LogP contribution >= 0.6 is 0 Å². The first-order chi connectivity index (χ1) is 12.7. The molecule has 0 fully saturated rings. The predicted molar refractivity (Wildman–Crippen MR) is 104 cm³/mol. The second kappa shape index (κ2) is 9.03. The van der Waals surface area contributed by atoms with Crippen LogP contribution in [-0.4, -0.2) is 45.5 Å². The molecule has 0 saturated carbocycles. The lowest BCUT2D eigenvalue weighted by atomic mass is 10.1. The molecule has 3 rings (SSSR count). The number of ether oxygens (including phenoxy) is 2. The molecule has 140 valence electrons. The summed E-state index contributed by atoms with van der Waals surface area (Å²) in [6.45, 7) is 3.20. The van der Waals surface area contributed by atoms with E-state index in [0.717, 1.165) is 59.7 Å². The van der Waals surface area contributed by atoms with Crippen LogP contribution in [-0.2, 0) is 0 Å². The third-order valence-electron chi connectivity index (χ3n) is 4.61. The zero-order chi connectivity index (χ0) is 18.4. The van der Waals surface area contributed by atoms with Crippen LogP contribution < -0.4 is 20.1 Å². The molecular weight excluding hydrogens is 328 g/mol. The number of benzene rings is 2. The van der Waals surface area contributed by atoms with Gasteiger partial charge in [-0.05, 0) is 86.5 Å². The van der Waals surface area contributed by atoms with Crippen LogP contribution in [0.4, 0.5) is 0 Å². The van der Waals surface area contributed by atoms with Gasteiger partial charge in [0.2, 0.25) is 0 Å². The molecule has 0 bridgehead atoms. The van der Waals surface area contributed by atoms with Crippen molar-refractivity contribution < 1.29 is 14.6 Å². The molecule has 0 saturated heterocycles. The molecular formula is C21H28N2O3. The van der Waals surface area contributed by atoms with Crippen molar-refractivity contribution in [3.05, 3.63) is 47.5 Å². The SMILES string of the molecule is CNCCCOc1ccc2c(c1)-c1ccc(OCCCNC)cc1C2O. The smallest absolute Gasteiger partial charge is 0.119 e. The maximum atomic E-state index is 10.7. The van der Waals surface area contributed by atoms with Crippen molar-refractivity contribution in [3.8, 4) is 22.6 Å². The standard InChI is InChI=1S/C21H28N2O3/c1-22-9-3-11-25-15-6-8-18-19(13-15)17-7-5-16(14-20(17)21(18)24)26-12-4-10-23-2/h5-8,13-14,21-24H,3-4,9-12H2,1-2H3. The van der Waals surface area contributed by atoms with Gasteiger partial charge < -0.3 is 25.2 Å². The molecule has 3 N–H and O–H groups in total. The van der Waals surface area contributed by atoms with Crippen LogP contribution in [0, 0.1) is 0 Å². The van der Waals surface area contributed by atoms with E-state index >= 15 is 0 Å². The van der Waals surface area contributed by atoms with Crippen molar-refractivity contribution in [1.82, 2.24) is 10.6 Å². The zero-order valence-electron chi connectivity index (χ0n) is 15.5. The summed E-state index contributed by atoms with van der Waals surface area (Å²) < 4.78 is 11.6. The van der Waals surface area contributed by atoms with Gasteiger partial charge in [0.05, 0.1) is 13.2 Å². The summed E-state index contributed by atoms with van der Waals surface area (Å²) in [5, 5.41) is 16.9. The van der Waals surface area contributed by atoms with Crippen LogP contribution in [0.25, 0.3) is 11.1 Å². The fourth-order valence-electron chi connectivity index (χ4n) is 3.24. The van der Waals surface area contributed by atoms with E-state index in [4.69, 9.17) is 9.47 Å². The molecule has 1 unspecified atom stereocenters. The Labute approximate surface area is 155 Å². The van der Waals surface area contributed by atoms with Crippen molar-refractivity contribution in [1.29, 1.82) is 0 Å². The highest BCUT2D eigenvalue weighted by atomic mass is 16.5. The first-order valence-electron chi connectivity index (χ1n) is 9.25. The summed E-state index contributed by atoms with van der Waals surface area (Å²) in [6, 6.07) is 11.9. The number of hydrogen-bond acceptors (Lipinski definition) is 5. The molecule has 0 radical (unpaired) electrons. The topological polar surface area (TPSA) is 62.8 Å². The van der Waals surface area contributed by atoms with E-state index in [1.807, 2.05) is 50.5 Å². The average molecular weight is 356 g/mol. The Morgan fingerprint density at radius 3 is 2.08 bits per heavy atom. The normalized spacial score (nSPS) is 14.8. The van der Waals surface area contributed by atoms with Crippen LogP contribution in [0.5, 0.6) is 11.5 Å². The van der Waals surface area contributed by atoms with E-state index in [0.29, 0.717) is 13.2 Å². The summed E-state index contributed by atoms with van der Waals surface area (Å²) in [5.41, 5.74) is 3.92. The summed E-state index contributed by atoms with van der Waals surface area (Å²) in [6.07, 6.45) is 1.30. The number of rotatable bonds is 10. The molecule has 5 heteroatoms. The average Bonchev–Trinajstić information content (AvgIpc) is 2.94. The molecule has 0 amide bonds. The van der Waals surface area contributed by atoms with E-state index in [1.54, 1.807) is 0 Å². The molecule has 5 nitrogen and oxygen atoms in total. The van der Waals surface area contributed by atoms with E-state index in [2.05, 4.69) is 10.6 Å². The highest BCUT2D eigenvalue weighted by Crippen LogP contribution is 2.45. The van der Waals surface area contributed by atoms with Crippen LogP contribution in [0.3, 0.4) is 0 Å². The zero-order valence-corrected chi connectivity index (χ0v) is 15.5. The van der Waals surface area contributed by atoms with Crippen molar-refractivity contribution >= 4 is 0 Å². The maximum Gasteiger partial charge on any atom is 0.119 e. The first-order valence-corrected chi connectivity index (χ1v) is 9.25. The number of nitrogens with one attached hydrogen (secondary N) is 2. The van der Waals surface area contributed by atoms with E-state index < -0.39 is 6.10 Å². The molecule has 0 spiro atoms. The minimum Gasteiger partial charge on any atom is -0.494 e. The van der Waals surface area contributed by atoms with Gasteiger partial charge in [-0.1, -0.05) is 12.1 Å². The van der Waals surface area contributed by atoms with Gasteiger partial charge in [0.15, 0.2) is 0 Å². The molecule has 0 aromatic heterocycles. The molecule has 26 heavy (non-hydrogen) atoms. The maximum absolute atomic E-state index is 10.7. The van der Waals surface area contributed by atoms with Gasteiger partial charge in [-0.25, -0.2) is 0 Å². The second-order valence-corrected chi connectivity index (χ2v) is 6.51. The van der Waals surface area contributed by atoms with Gasteiger partial charge in [0, 0.05) is 0 Å². The summed E-state index contributed by atoms with van der Waals surface area (Å²) >= 11 is 0. The highest BCUT2D eigenvalue weighted by Gasteiger charge is 2.27. The Morgan fingerprint density at radius 2 is 1.42 bits per heavy atom. The highest BCUT2D eigenvalue weighted by molar-refractivity contribution is 5.79. The molecule has 2 aromatic rings. The third kappa shape index (κ3) is 4.18. The van der Waals surface area contributed by atoms with Crippen molar-refractivity contribution in [3.63, 3.8) is 0 Å². The number of aliphatic hydroxyl groups is 1. The lowest BCUT2D eigenvalue weighted by Crippen LogP contribution is -2.11. The van der Waals surface area contributed by atoms with Crippen LogP contribution in [0.2, 0.25) is 0 Å². The molecule has 0 aliphatic heterocycles. The molecule has 1 aliphatic rings. The fourth-order valence-corrected chi connectivity index (χ4v) is 3.24. The lowest BCUT2D eigenvalue weighted by molar-refractivity contribution is 0.224. The monoisotopic (exact) mass is 356 g/mol. The van der Waals surface area contributed by atoms with Crippen molar-refractivity contribution in [2.24, 2.45) is 0 Å². The quantitative estimate of drug-likeness (QED) is 0.572. The molecule has 1 aliphatic carbocycles. The number of fused-ring (bicyclic) bond motifs is 3. The van der Waals surface area contributed by atoms with Gasteiger partial charge in [-0.15, -0.1) is 0 Å². The van der Waals surface area contributed by atoms with Gasteiger partial charge >= 0.3 is 0 Å². The second-order valence-electron chi connectivity index (χ2n) is 6.51. The first kappa shape index (κ1) is 18.7. The van der Waals surface area contributed by atoms with Crippen molar-refractivity contribution in [2.45, 2.75) is 18.9 Å². The number of hydrogen-bond donors (Lipinski definition) is 3. The van der Waals surface area contributed by atoms with Crippen molar-refractivity contribution in [2.75, 3.05) is 40.4 Å². The van der Waals surface area contributed by atoms with Gasteiger partial charge in [-0.2, -0.15) is 0 Å². The summed E-state index contributed by atoms with van der Waals surface area (Å²) in [5.74, 6) is 1.64. The Morgan fingerprint density at radius 1 is 0.808 bits per heavy atom. The Kier molecular flexibility index (Phi) is 6.50.